The second-order valence-electron chi connectivity index (χ2n) is 7.05. The fourth-order valence-electron chi connectivity index (χ4n) is 3.50. The zero-order chi connectivity index (χ0) is 18.2. The van der Waals surface area contributed by atoms with E-state index in [9.17, 15) is 0 Å². The molecule has 0 atom stereocenters. The minimum atomic E-state index is 0.377. The molecule has 1 saturated heterocycles. The summed E-state index contributed by atoms with van der Waals surface area (Å²) in [5.41, 5.74) is 1.33. The molecule has 1 aliphatic carbocycles. The van der Waals surface area contributed by atoms with Gasteiger partial charge in [-0.25, -0.2) is 4.98 Å². The standard InChI is InChI=1S/C19H32N4O2S/c1-20-19(21-10-5-11-25-15-8-12-24-13-9-15)23(2)14-18-22-16-6-3-4-7-17(16)26-18/h15H,3-14H2,1-2H3,(H,20,21). The number of guanidine groups is 1. The van der Waals surface area contributed by atoms with Gasteiger partial charge in [0.15, 0.2) is 5.96 Å². The predicted molar refractivity (Wildman–Crippen MR) is 106 cm³/mol. The molecule has 0 saturated carbocycles. The molecule has 0 spiro atoms. The first kappa shape index (κ1) is 19.6. The maximum absolute atomic E-state index is 5.92. The number of aryl methyl sites for hydroxylation is 2. The van der Waals surface area contributed by atoms with Crippen molar-refractivity contribution in [3.05, 3.63) is 15.6 Å². The van der Waals surface area contributed by atoms with Crippen molar-refractivity contribution in [2.45, 2.75) is 57.6 Å². The van der Waals surface area contributed by atoms with Gasteiger partial charge in [-0.05, 0) is 44.9 Å². The van der Waals surface area contributed by atoms with Crippen LogP contribution in [0.5, 0.6) is 0 Å². The Labute approximate surface area is 161 Å². The Hall–Kier alpha value is -1.18. The molecule has 0 unspecified atom stereocenters. The van der Waals surface area contributed by atoms with Crippen molar-refractivity contribution in [1.29, 1.82) is 0 Å². The molecule has 26 heavy (non-hydrogen) atoms. The van der Waals surface area contributed by atoms with Gasteiger partial charge in [0.2, 0.25) is 0 Å². The number of aromatic nitrogens is 1. The van der Waals surface area contributed by atoms with E-state index in [4.69, 9.17) is 14.5 Å². The monoisotopic (exact) mass is 380 g/mol. The molecule has 0 aromatic carbocycles. The quantitative estimate of drug-likeness (QED) is 0.448. The number of nitrogens with one attached hydrogen (secondary N) is 1. The topological polar surface area (TPSA) is 59.0 Å². The van der Waals surface area contributed by atoms with Crippen molar-refractivity contribution in [3.8, 4) is 0 Å². The fraction of sp³-hybridized carbons (Fsp3) is 0.789. The number of aliphatic imine (C=N–C) groups is 1. The average molecular weight is 381 g/mol. The van der Waals surface area contributed by atoms with Gasteiger partial charge in [-0.2, -0.15) is 0 Å². The number of hydrogen-bond donors (Lipinski definition) is 1. The van der Waals surface area contributed by atoms with Crippen LogP contribution in [0.2, 0.25) is 0 Å². The number of ether oxygens (including phenoxy) is 2. The van der Waals surface area contributed by atoms with E-state index in [1.165, 1.54) is 34.8 Å². The molecule has 6 nitrogen and oxygen atoms in total. The lowest BCUT2D eigenvalue weighted by atomic mass is 10.0. The SMILES string of the molecule is CN=C(NCCCOC1CCOCC1)N(C)Cc1nc2c(s1)CCCC2. The van der Waals surface area contributed by atoms with Gasteiger partial charge in [-0.3, -0.25) is 4.99 Å². The molecule has 7 heteroatoms. The molecule has 1 aliphatic heterocycles. The van der Waals surface area contributed by atoms with Crippen LogP contribution in [0.1, 0.15) is 47.7 Å². The molecule has 1 fully saturated rings. The van der Waals surface area contributed by atoms with Crippen LogP contribution in [0.15, 0.2) is 4.99 Å². The van der Waals surface area contributed by atoms with Crippen LogP contribution < -0.4 is 5.32 Å². The maximum atomic E-state index is 5.92. The highest BCUT2D eigenvalue weighted by Gasteiger charge is 2.17. The Bertz CT molecular complexity index is 561. The summed E-state index contributed by atoms with van der Waals surface area (Å²) in [6.45, 7) is 4.14. The van der Waals surface area contributed by atoms with Crippen LogP contribution in [0.4, 0.5) is 0 Å². The summed E-state index contributed by atoms with van der Waals surface area (Å²) in [4.78, 5) is 12.9. The molecule has 146 valence electrons. The highest BCUT2D eigenvalue weighted by Crippen LogP contribution is 2.27. The van der Waals surface area contributed by atoms with Crippen molar-refractivity contribution in [1.82, 2.24) is 15.2 Å². The highest BCUT2D eigenvalue weighted by atomic mass is 32.1. The van der Waals surface area contributed by atoms with Crippen molar-refractivity contribution in [2.75, 3.05) is 40.5 Å². The van der Waals surface area contributed by atoms with Gasteiger partial charge in [0, 0.05) is 45.3 Å². The Morgan fingerprint density at radius 3 is 2.92 bits per heavy atom. The van der Waals surface area contributed by atoms with Gasteiger partial charge in [0.1, 0.15) is 5.01 Å². The van der Waals surface area contributed by atoms with E-state index >= 15 is 0 Å². The van der Waals surface area contributed by atoms with Crippen molar-refractivity contribution in [2.24, 2.45) is 4.99 Å². The number of thiazole rings is 1. The van der Waals surface area contributed by atoms with Crippen molar-refractivity contribution in [3.63, 3.8) is 0 Å². The van der Waals surface area contributed by atoms with Crippen LogP contribution in [0, 0.1) is 0 Å². The van der Waals surface area contributed by atoms with Crippen molar-refractivity contribution >= 4 is 17.3 Å². The first-order valence-corrected chi connectivity index (χ1v) is 10.7. The fourth-order valence-corrected chi connectivity index (χ4v) is 4.71. The lowest BCUT2D eigenvalue weighted by molar-refractivity contribution is -0.0320. The van der Waals surface area contributed by atoms with E-state index in [2.05, 4.69) is 22.3 Å². The summed E-state index contributed by atoms with van der Waals surface area (Å²) in [6, 6.07) is 0. The Balaban J connectivity index is 1.36. The summed E-state index contributed by atoms with van der Waals surface area (Å²) >= 11 is 1.87. The second-order valence-corrected chi connectivity index (χ2v) is 8.22. The maximum Gasteiger partial charge on any atom is 0.193 e. The second kappa shape index (κ2) is 10.2. The molecule has 2 aliphatic rings. The molecule has 0 amide bonds. The third kappa shape index (κ3) is 5.66. The van der Waals surface area contributed by atoms with E-state index in [1.54, 1.807) is 0 Å². The number of nitrogens with zero attached hydrogens (tertiary/aromatic N) is 3. The van der Waals surface area contributed by atoms with Crippen LogP contribution in [0.3, 0.4) is 0 Å². The largest absolute Gasteiger partial charge is 0.381 e. The molecule has 1 N–H and O–H groups in total. The molecule has 3 rings (SSSR count). The van der Waals surface area contributed by atoms with E-state index in [0.717, 1.165) is 64.6 Å². The zero-order valence-corrected chi connectivity index (χ0v) is 16.9. The molecule has 0 radical (unpaired) electrons. The zero-order valence-electron chi connectivity index (χ0n) is 16.1. The molecular formula is C19H32N4O2S. The molecule has 2 heterocycles. The van der Waals surface area contributed by atoms with E-state index in [1.807, 2.05) is 18.4 Å². The van der Waals surface area contributed by atoms with E-state index in [-0.39, 0.29) is 0 Å². The first-order valence-electron chi connectivity index (χ1n) is 9.85. The Morgan fingerprint density at radius 1 is 1.35 bits per heavy atom. The summed E-state index contributed by atoms with van der Waals surface area (Å²) in [5.74, 6) is 0.921. The van der Waals surface area contributed by atoms with E-state index < -0.39 is 0 Å². The number of fused-ring (bicyclic) bond motifs is 1. The minimum Gasteiger partial charge on any atom is -0.381 e. The Kier molecular flexibility index (Phi) is 7.70. The lowest BCUT2D eigenvalue weighted by Gasteiger charge is -2.23. The van der Waals surface area contributed by atoms with Crippen LogP contribution in [-0.2, 0) is 28.9 Å². The van der Waals surface area contributed by atoms with Crippen LogP contribution in [-0.4, -0.2) is 62.4 Å². The van der Waals surface area contributed by atoms with Gasteiger partial charge < -0.3 is 19.7 Å². The molecule has 1 aromatic rings. The molecule has 0 bridgehead atoms. The summed E-state index contributed by atoms with van der Waals surface area (Å²) < 4.78 is 11.3. The third-order valence-corrected chi connectivity index (χ3v) is 6.10. The smallest absolute Gasteiger partial charge is 0.193 e. The van der Waals surface area contributed by atoms with Crippen LogP contribution >= 0.6 is 11.3 Å². The highest BCUT2D eigenvalue weighted by molar-refractivity contribution is 7.11. The van der Waals surface area contributed by atoms with Crippen LogP contribution in [0.25, 0.3) is 0 Å². The van der Waals surface area contributed by atoms with Gasteiger partial charge in [0.25, 0.3) is 0 Å². The third-order valence-electron chi connectivity index (χ3n) is 4.96. The lowest BCUT2D eigenvalue weighted by Crippen LogP contribution is -2.39. The summed E-state index contributed by atoms with van der Waals surface area (Å²) in [5, 5.41) is 4.64. The van der Waals surface area contributed by atoms with Gasteiger partial charge >= 0.3 is 0 Å². The van der Waals surface area contributed by atoms with Gasteiger partial charge in [0.05, 0.1) is 18.3 Å². The van der Waals surface area contributed by atoms with Gasteiger partial charge in [-0.15, -0.1) is 11.3 Å². The summed E-state index contributed by atoms with van der Waals surface area (Å²) in [7, 11) is 3.92. The van der Waals surface area contributed by atoms with Crippen molar-refractivity contribution < 1.29 is 9.47 Å². The van der Waals surface area contributed by atoms with E-state index in [0.29, 0.717) is 6.10 Å². The number of rotatable bonds is 7. The summed E-state index contributed by atoms with van der Waals surface area (Å²) in [6.07, 6.45) is 8.35. The molecular weight excluding hydrogens is 348 g/mol. The Morgan fingerprint density at radius 2 is 2.15 bits per heavy atom. The average Bonchev–Trinajstić information content (AvgIpc) is 3.07. The minimum absolute atomic E-state index is 0.377. The van der Waals surface area contributed by atoms with Gasteiger partial charge in [-0.1, -0.05) is 0 Å². The normalized spacial score (nSPS) is 18.6. The predicted octanol–water partition coefficient (Wildman–Crippen LogP) is 2.61. The molecule has 1 aromatic heterocycles. The number of hydrogen-bond acceptors (Lipinski definition) is 5. The first-order chi connectivity index (χ1) is 12.8.